The third-order valence-electron chi connectivity index (χ3n) is 4.37. The Hall–Kier alpha value is -1.81. The fourth-order valence-electron chi connectivity index (χ4n) is 3.00. The lowest BCUT2D eigenvalue weighted by Gasteiger charge is -2.09. The number of amides is 1. The van der Waals surface area contributed by atoms with Crippen LogP contribution in [-0.2, 0) is 11.2 Å². The van der Waals surface area contributed by atoms with Gasteiger partial charge in [0.15, 0.2) is 0 Å². The Morgan fingerprint density at radius 2 is 2.00 bits per heavy atom. The monoisotopic (exact) mass is 332 g/mol. The Balaban J connectivity index is 1.61. The zero-order chi connectivity index (χ0) is 16.2. The molecule has 3 rings (SSSR count). The van der Waals surface area contributed by atoms with Crippen molar-refractivity contribution in [1.82, 2.24) is 10.3 Å². The number of nitrogens with zero attached hydrogens (tertiary/aromatic N) is 1. The first-order valence-electron chi connectivity index (χ1n) is 8.11. The van der Waals surface area contributed by atoms with Crippen LogP contribution in [0.2, 0.25) is 5.02 Å². The molecule has 0 bridgehead atoms. The Labute approximate surface area is 141 Å². The molecule has 1 N–H and O–H groups in total. The lowest BCUT2D eigenvalue weighted by Crippen LogP contribution is -2.29. The molecule has 0 atom stereocenters. The van der Waals surface area contributed by atoms with E-state index in [0.717, 1.165) is 12.1 Å². The Morgan fingerprint density at radius 1 is 1.30 bits per heavy atom. The normalized spacial score (nSPS) is 15.0. The van der Waals surface area contributed by atoms with Crippen LogP contribution < -0.4 is 5.32 Å². The quantitative estimate of drug-likeness (QED) is 0.894. The molecule has 5 heteroatoms. The van der Waals surface area contributed by atoms with Gasteiger partial charge in [0.1, 0.15) is 5.76 Å². The summed E-state index contributed by atoms with van der Waals surface area (Å²) < 4.78 is 5.69. The van der Waals surface area contributed by atoms with Crippen LogP contribution in [0.4, 0.5) is 0 Å². The van der Waals surface area contributed by atoms with E-state index < -0.39 is 0 Å². The molecule has 1 aromatic carbocycles. The Bertz CT molecular complexity index is 673. The molecule has 2 aromatic rings. The Morgan fingerprint density at radius 3 is 2.70 bits per heavy atom. The fourth-order valence-corrected chi connectivity index (χ4v) is 3.12. The second-order valence-corrected chi connectivity index (χ2v) is 6.60. The number of oxazole rings is 1. The molecule has 1 saturated carbocycles. The maximum Gasteiger partial charge on any atom is 0.226 e. The standard InChI is InChI=1S/C18H21ClN2O2/c1-12-16(10-17(22)20-11-13-4-2-3-5-13)21-18(23-12)14-6-8-15(19)9-7-14/h6-9,13H,2-5,10-11H2,1H3,(H,20,22). The number of rotatable bonds is 5. The average Bonchev–Trinajstić information content (AvgIpc) is 3.17. The van der Waals surface area contributed by atoms with Crippen molar-refractivity contribution in [2.24, 2.45) is 5.92 Å². The van der Waals surface area contributed by atoms with E-state index in [9.17, 15) is 4.79 Å². The topological polar surface area (TPSA) is 55.1 Å². The number of carbonyl (C=O) groups excluding carboxylic acids is 1. The number of hydrogen-bond donors (Lipinski definition) is 1. The lowest BCUT2D eigenvalue weighted by atomic mass is 10.1. The first-order valence-corrected chi connectivity index (χ1v) is 8.48. The molecule has 1 amide bonds. The average molecular weight is 333 g/mol. The van der Waals surface area contributed by atoms with Gasteiger partial charge in [0, 0.05) is 17.1 Å². The van der Waals surface area contributed by atoms with Crippen molar-refractivity contribution in [2.45, 2.75) is 39.0 Å². The maximum atomic E-state index is 12.1. The second-order valence-electron chi connectivity index (χ2n) is 6.16. The number of hydrogen-bond acceptors (Lipinski definition) is 3. The molecule has 0 aliphatic heterocycles. The van der Waals surface area contributed by atoms with Crippen LogP contribution in [0.5, 0.6) is 0 Å². The van der Waals surface area contributed by atoms with Crippen LogP contribution in [0.1, 0.15) is 37.1 Å². The van der Waals surface area contributed by atoms with Gasteiger partial charge in [-0.1, -0.05) is 24.4 Å². The van der Waals surface area contributed by atoms with E-state index >= 15 is 0 Å². The van der Waals surface area contributed by atoms with E-state index in [0.29, 0.717) is 28.3 Å². The number of carbonyl (C=O) groups is 1. The molecule has 4 nitrogen and oxygen atoms in total. The van der Waals surface area contributed by atoms with E-state index in [1.807, 2.05) is 19.1 Å². The fraction of sp³-hybridized carbons (Fsp3) is 0.444. The van der Waals surface area contributed by atoms with Gasteiger partial charge < -0.3 is 9.73 Å². The van der Waals surface area contributed by atoms with Gasteiger partial charge in [0.05, 0.1) is 12.1 Å². The molecule has 122 valence electrons. The van der Waals surface area contributed by atoms with Gasteiger partial charge in [-0.3, -0.25) is 4.79 Å². The molecule has 0 saturated heterocycles. The van der Waals surface area contributed by atoms with Crippen molar-refractivity contribution in [3.05, 3.63) is 40.7 Å². The number of nitrogens with one attached hydrogen (secondary N) is 1. The second kappa shape index (κ2) is 7.18. The molecule has 0 radical (unpaired) electrons. The minimum Gasteiger partial charge on any atom is -0.441 e. The highest BCUT2D eigenvalue weighted by Gasteiger charge is 2.18. The number of halogens is 1. The molecule has 23 heavy (non-hydrogen) atoms. The summed E-state index contributed by atoms with van der Waals surface area (Å²) in [6.45, 7) is 2.62. The molecule has 0 unspecified atom stereocenters. The van der Waals surface area contributed by atoms with Crippen LogP contribution in [0.15, 0.2) is 28.7 Å². The van der Waals surface area contributed by atoms with Crippen LogP contribution in [0, 0.1) is 12.8 Å². The van der Waals surface area contributed by atoms with Crippen molar-refractivity contribution in [1.29, 1.82) is 0 Å². The summed E-state index contributed by atoms with van der Waals surface area (Å²) in [4.78, 5) is 16.6. The summed E-state index contributed by atoms with van der Waals surface area (Å²) in [6.07, 6.45) is 5.28. The minimum absolute atomic E-state index is 0.0101. The smallest absolute Gasteiger partial charge is 0.226 e. The van der Waals surface area contributed by atoms with Gasteiger partial charge in [-0.2, -0.15) is 0 Å². The van der Waals surface area contributed by atoms with E-state index in [-0.39, 0.29) is 12.3 Å². The van der Waals surface area contributed by atoms with Gasteiger partial charge in [-0.25, -0.2) is 4.98 Å². The zero-order valence-electron chi connectivity index (χ0n) is 13.3. The third-order valence-corrected chi connectivity index (χ3v) is 4.63. The lowest BCUT2D eigenvalue weighted by molar-refractivity contribution is -0.120. The van der Waals surface area contributed by atoms with Gasteiger partial charge in [0.25, 0.3) is 0 Å². The molecule has 1 aromatic heterocycles. The Kier molecular flexibility index (Phi) is 5.01. The zero-order valence-corrected chi connectivity index (χ0v) is 14.0. The maximum absolute atomic E-state index is 12.1. The van der Waals surface area contributed by atoms with Crippen LogP contribution in [-0.4, -0.2) is 17.4 Å². The first kappa shape index (κ1) is 16.1. The van der Waals surface area contributed by atoms with E-state index in [1.165, 1.54) is 25.7 Å². The number of aromatic nitrogens is 1. The van der Waals surface area contributed by atoms with Crippen molar-refractivity contribution in [3.8, 4) is 11.5 Å². The van der Waals surface area contributed by atoms with Crippen molar-refractivity contribution < 1.29 is 9.21 Å². The summed E-state index contributed by atoms with van der Waals surface area (Å²) >= 11 is 5.89. The van der Waals surface area contributed by atoms with Gasteiger partial charge in [-0.05, 0) is 49.9 Å². The largest absolute Gasteiger partial charge is 0.441 e. The van der Waals surface area contributed by atoms with Crippen LogP contribution in [0.3, 0.4) is 0 Å². The molecule has 1 aliphatic rings. The molecule has 1 fully saturated rings. The first-order chi connectivity index (χ1) is 11.1. The third kappa shape index (κ3) is 4.14. The van der Waals surface area contributed by atoms with Crippen molar-refractivity contribution in [3.63, 3.8) is 0 Å². The van der Waals surface area contributed by atoms with Crippen LogP contribution in [0.25, 0.3) is 11.5 Å². The van der Waals surface area contributed by atoms with Crippen molar-refractivity contribution >= 4 is 17.5 Å². The summed E-state index contributed by atoms with van der Waals surface area (Å²) in [5.74, 6) is 1.86. The summed E-state index contributed by atoms with van der Waals surface area (Å²) in [6, 6.07) is 7.31. The number of aryl methyl sites for hydroxylation is 1. The highest BCUT2D eigenvalue weighted by molar-refractivity contribution is 6.30. The molecule has 1 aliphatic carbocycles. The van der Waals surface area contributed by atoms with Gasteiger partial charge in [0.2, 0.25) is 11.8 Å². The molecular formula is C18H21ClN2O2. The predicted molar refractivity (Wildman–Crippen MR) is 90.4 cm³/mol. The van der Waals surface area contributed by atoms with Gasteiger partial charge >= 0.3 is 0 Å². The molecule has 1 heterocycles. The highest BCUT2D eigenvalue weighted by Crippen LogP contribution is 2.25. The van der Waals surface area contributed by atoms with Gasteiger partial charge in [-0.15, -0.1) is 0 Å². The number of benzene rings is 1. The predicted octanol–water partition coefficient (Wildman–Crippen LogP) is 4.15. The van der Waals surface area contributed by atoms with Crippen molar-refractivity contribution in [2.75, 3.05) is 6.54 Å². The summed E-state index contributed by atoms with van der Waals surface area (Å²) in [7, 11) is 0. The highest BCUT2D eigenvalue weighted by atomic mass is 35.5. The minimum atomic E-state index is 0.0101. The van der Waals surface area contributed by atoms with E-state index in [4.69, 9.17) is 16.0 Å². The molecule has 0 spiro atoms. The molecular weight excluding hydrogens is 312 g/mol. The SMILES string of the molecule is Cc1oc(-c2ccc(Cl)cc2)nc1CC(=O)NCC1CCCC1. The van der Waals surface area contributed by atoms with E-state index in [1.54, 1.807) is 12.1 Å². The summed E-state index contributed by atoms with van der Waals surface area (Å²) in [5.41, 5.74) is 1.55. The summed E-state index contributed by atoms with van der Waals surface area (Å²) in [5, 5.41) is 3.69. The van der Waals surface area contributed by atoms with E-state index in [2.05, 4.69) is 10.3 Å². The van der Waals surface area contributed by atoms with Crippen LogP contribution >= 0.6 is 11.6 Å².